The molecule has 0 fully saturated rings. The third-order valence-corrected chi connectivity index (χ3v) is 3.01. The summed E-state index contributed by atoms with van der Waals surface area (Å²) in [6.45, 7) is 0. The van der Waals surface area contributed by atoms with Crippen LogP contribution in [0.15, 0.2) is 35.8 Å². The fraction of sp³-hybridized carbons (Fsp3) is 0.333. The van der Waals surface area contributed by atoms with E-state index in [1.807, 2.05) is 5.32 Å². The highest BCUT2D eigenvalue weighted by Gasteiger charge is 2.60. The molecule has 0 spiro atoms. The average molecular weight is 417 g/mol. The number of nitrogens with one attached hydrogen (secondary N) is 1. The average Bonchev–Trinajstić information content (AvgIpc) is 2.58. The molecule has 0 aromatic heterocycles. The van der Waals surface area contributed by atoms with Gasteiger partial charge >= 0.3 is 18.3 Å². The summed E-state index contributed by atoms with van der Waals surface area (Å²) in [7, 11) is 2.06. The van der Waals surface area contributed by atoms with E-state index < -0.39 is 41.9 Å². The van der Waals surface area contributed by atoms with Crippen LogP contribution in [-0.4, -0.2) is 49.7 Å². The summed E-state index contributed by atoms with van der Waals surface area (Å²) in [6.07, 6.45) is -16.5. The number of hydrogen-bond acceptors (Lipinski definition) is 6. The van der Waals surface area contributed by atoms with Crippen molar-refractivity contribution in [3.8, 4) is 5.75 Å². The smallest absolute Gasteiger partial charge is 0.434 e. The number of benzene rings is 1. The molecule has 0 bridgehead atoms. The standard InChI is InChI=1S/C15H13F6NO6/c1-26-8-5-3-7(4-6-8)22-10(23)9(11(24)27-2)12(25)28-13(14(16,17)18)15(19,20)21/h3-6,13,24H,1-2H3,(H,22,23)/b11-9-. The summed E-state index contributed by atoms with van der Waals surface area (Å²) in [4.78, 5) is 23.9. The van der Waals surface area contributed by atoms with Crippen molar-refractivity contribution in [3.05, 3.63) is 35.8 Å². The van der Waals surface area contributed by atoms with E-state index >= 15 is 0 Å². The zero-order valence-corrected chi connectivity index (χ0v) is 14.1. The molecule has 1 aromatic rings. The number of halogens is 6. The van der Waals surface area contributed by atoms with Crippen molar-refractivity contribution in [1.29, 1.82) is 0 Å². The van der Waals surface area contributed by atoms with Gasteiger partial charge in [-0.05, 0) is 24.3 Å². The highest BCUT2D eigenvalue weighted by atomic mass is 19.4. The molecule has 0 aliphatic carbocycles. The van der Waals surface area contributed by atoms with Gasteiger partial charge in [-0.2, -0.15) is 26.3 Å². The van der Waals surface area contributed by atoms with E-state index in [9.17, 15) is 41.0 Å². The molecule has 0 atom stereocenters. The van der Waals surface area contributed by atoms with Crippen LogP contribution in [0, 0.1) is 0 Å². The fourth-order valence-electron chi connectivity index (χ4n) is 1.73. The maximum absolute atomic E-state index is 12.5. The number of carbonyl (C=O) groups excluding carboxylic acids is 2. The molecule has 0 aliphatic heterocycles. The fourth-order valence-corrected chi connectivity index (χ4v) is 1.73. The Bertz CT molecular complexity index is 727. The van der Waals surface area contributed by atoms with Gasteiger partial charge in [-0.3, -0.25) is 4.79 Å². The van der Waals surface area contributed by atoms with Crippen molar-refractivity contribution in [2.24, 2.45) is 0 Å². The third kappa shape index (κ3) is 5.96. The Morgan fingerprint density at radius 2 is 1.50 bits per heavy atom. The first-order valence-electron chi connectivity index (χ1n) is 7.08. The van der Waals surface area contributed by atoms with Crippen LogP contribution in [0.5, 0.6) is 5.75 Å². The first kappa shape index (κ1) is 22.9. The third-order valence-electron chi connectivity index (χ3n) is 3.01. The molecule has 1 rings (SSSR count). The lowest BCUT2D eigenvalue weighted by atomic mass is 10.2. The number of hydrogen-bond donors (Lipinski definition) is 2. The van der Waals surface area contributed by atoms with Crippen molar-refractivity contribution in [2.75, 3.05) is 19.5 Å². The molecule has 1 aromatic carbocycles. The summed E-state index contributed by atoms with van der Waals surface area (Å²) >= 11 is 0. The van der Waals surface area contributed by atoms with Crippen LogP contribution in [-0.2, 0) is 19.1 Å². The molecule has 0 saturated carbocycles. The van der Waals surface area contributed by atoms with Crippen molar-refractivity contribution < 1.29 is 55.2 Å². The van der Waals surface area contributed by atoms with Gasteiger partial charge in [0.05, 0.1) is 14.2 Å². The van der Waals surface area contributed by atoms with Gasteiger partial charge in [0.15, 0.2) is 0 Å². The minimum absolute atomic E-state index is 0.0248. The largest absolute Gasteiger partial charge is 0.497 e. The molecule has 0 heterocycles. The van der Waals surface area contributed by atoms with Crippen LogP contribution >= 0.6 is 0 Å². The highest BCUT2D eigenvalue weighted by molar-refractivity contribution is 6.21. The molecule has 0 radical (unpaired) electrons. The number of alkyl halides is 6. The quantitative estimate of drug-likeness (QED) is 0.185. The van der Waals surface area contributed by atoms with Gasteiger partial charge in [-0.15, -0.1) is 0 Å². The highest BCUT2D eigenvalue weighted by Crippen LogP contribution is 2.36. The van der Waals surface area contributed by atoms with Crippen molar-refractivity contribution in [3.63, 3.8) is 0 Å². The van der Waals surface area contributed by atoms with E-state index in [4.69, 9.17) is 4.74 Å². The number of ether oxygens (including phenoxy) is 3. The van der Waals surface area contributed by atoms with Gasteiger partial charge < -0.3 is 24.6 Å². The van der Waals surface area contributed by atoms with Gasteiger partial charge in [-0.1, -0.05) is 0 Å². The molecule has 0 aliphatic rings. The molecular weight excluding hydrogens is 404 g/mol. The molecule has 0 unspecified atom stereocenters. The molecular formula is C15H13F6NO6. The van der Waals surface area contributed by atoms with Gasteiger partial charge in [0.2, 0.25) is 5.57 Å². The number of anilines is 1. The predicted molar refractivity (Wildman–Crippen MR) is 80.3 cm³/mol. The van der Waals surface area contributed by atoms with E-state index in [2.05, 4.69) is 9.47 Å². The summed E-state index contributed by atoms with van der Waals surface area (Å²) in [5.41, 5.74) is -1.62. The molecule has 7 nitrogen and oxygen atoms in total. The first-order chi connectivity index (χ1) is 12.8. The number of aliphatic hydroxyl groups is 1. The maximum atomic E-state index is 12.5. The van der Waals surface area contributed by atoms with Gasteiger partial charge in [0.25, 0.3) is 18.0 Å². The molecule has 156 valence electrons. The van der Waals surface area contributed by atoms with Crippen LogP contribution in [0.1, 0.15) is 0 Å². The predicted octanol–water partition coefficient (Wildman–Crippen LogP) is 3.09. The second kappa shape index (κ2) is 8.71. The Kier molecular flexibility index (Phi) is 7.13. The molecule has 0 saturated heterocycles. The number of esters is 1. The summed E-state index contributed by atoms with van der Waals surface area (Å²) in [5.74, 6) is -5.15. The second-order valence-corrected chi connectivity index (χ2v) is 4.94. The zero-order valence-electron chi connectivity index (χ0n) is 14.1. The number of aliphatic hydroxyl groups excluding tert-OH is 1. The number of carbonyl (C=O) groups is 2. The Hall–Kier alpha value is -3.12. The molecule has 2 N–H and O–H groups in total. The molecule has 13 heteroatoms. The summed E-state index contributed by atoms with van der Waals surface area (Å²) < 4.78 is 87.6. The van der Waals surface area contributed by atoms with Crippen LogP contribution in [0.4, 0.5) is 32.0 Å². The van der Waals surface area contributed by atoms with E-state index in [1.54, 1.807) is 0 Å². The summed E-state index contributed by atoms with van der Waals surface area (Å²) in [6, 6.07) is 5.21. The normalized spacial score (nSPS) is 12.9. The maximum Gasteiger partial charge on any atom is 0.434 e. The molecule has 1 amide bonds. The number of amides is 1. The van der Waals surface area contributed by atoms with Crippen LogP contribution in [0.2, 0.25) is 0 Å². The van der Waals surface area contributed by atoms with E-state index in [1.165, 1.54) is 31.4 Å². The lowest BCUT2D eigenvalue weighted by Gasteiger charge is -2.23. The second-order valence-electron chi connectivity index (χ2n) is 4.94. The zero-order chi connectivity index (χ0) is 21.7. The Morgan fingerprint density at radius 1 is 1.00 bits per heavy atom. The van der Waals surface area contributed by atoms with Crippen molar-refractivity contribution >= 4 is 17.6 Å². The minimum atomic E-state index is -6.01. The SMILES string of the molecule is CO/C(O)=C(/C(=O)Nc1ccc(OC)cc1)C(=O)OC(C(F)(F)F)C(F)(F)F. The summed E-state index contributed by atoms with van der Waals surface area (Å²) in [5, 5.41) is 11.4. The number of rotatable bonds is 6. The van der Waals surface area contributed by atoms with Crippen molar-refractivity contribution in [1.82, 2.24) is 0 Å². The Labute approximate surface area is 153 Å². The Balaban J connectivity index is 3.13. The van der Waals surface area contributed by atoms with Gasteiger partial charge in [-0.25, -0.2) is 4.79 Å². The molecule has 28 heavy (non-hydrogen) atoms. The first-order valence-corrected chi connectivity index (χ1v) is 7.08. The lowest BCUT2D eigenvalue weighted by molar-refractivity contribution is -0.312. The van der Waals surface area contributed by atoms with Crippen LogP contribution < -0.4 is 10.1 Å². The number of methoxy groups -OCH3 is 2. The van der Waals surface area contributed by atoms with E-state index in [-0.39, 0.29) is 5.69 Å². The van der Waals surface area contributed by atoms with E-state index in [0.29, 0.717) is 12.9 Å². The Morgan fingerprint density at radius 3 is 1.89 bits per heavy atom. The minimum Gasteiger partial charge on any atom is -0.497 e. The van der Waals surface area contributed by atoms with Crippen molar-refractivity contribution in [2.45, 2.75) is 18.5 Å². The van der Waals surface area contributed by atoms with Gasteiger partial charge in [0.1, 0.15) is 5.75 Å². The lowest BCUT2D eigenvalue weighted by Crippen LogP contribution is -2.46. The topological polar surface area (TPSA) is 94.1 Å². The van der Waals surface area contributed by atoms with E-state index in [0.717, 1.165) is 0 Å². The van der Waals surface area contributed by atoms with Crippen LogP contribution in [0.25, 0.3) is 0 Å². The van der Waals surface area contributed by atoms with Crippen LogP contribution in [0.3, 0.4) is 0 Å². The monoisotopic (exact) mass is 417 g/mol. The van der Waals surface area contributed by atoms with Gasteiger partial charge in [0, 0.05) is 5.69 Å².